The van der Waals surface area contributed by atoms with E-state index in [1.807, 2.05) is 0 Å². The maximum absolute atomic E-state index is 13.1. The molecule has 0 bridgehead atoms. The van der Waals surface area contributed by atoms with Gasteiger partial charge in [0.05, 0.1) is 31.7 Å². The topological polar surface area (TPSA) is 149 Å². The molecule has 3 amide bonds. The molecule has 0 aliphatic carbocycles. The number of carbonyl (C=O) groups excluding carboxylic acids is 3. The molecule has 3 heterocycles. The Morgan fingerprint density at radius 1 is 1.14 bits per heavy atom. The monoisotopic (exact) mass is 490 g/mol. The van der Waals surface area contributed by atoms with E-state index in [-0.39, 0.29) is 24.0 Å². The average Bonchev–Trinajstić information content (AvgIpc) is 2.87. The first-order valence-corrected chi connectivity index (χ1v) is 12.0. The summed E-state index contributed by atoms with van der Waals surface area (Å²) < 4.78 is 4.74. The number of hydrogen-bond donors (Lipinski definition) is 3. The molecule has 2 fully saturated rings. The molecule has 11 nitrogen and oxygen atoms in total. The lowest BCUT2D eigenvalue weighted by Gasteiger charge is -2.34. The normalized spacial score (nSPS) is 19.6. The van der Waals surface area contributed by atoms with Gasteiger partial charge in [0, 0.05) is 38.8 Å². The van der Waals surface area contributed by atoms with Gasteiger partial charge in [0.1, 0.15) is 5.75 Å². The van der Waals surface area contributed by atoms with Crippen LogP contribution in [-0.4, -0.2) is 82.2 Å². The molecule has 35 heavy (non-hydrogen) atoms. The Morgan fingerprint density at radius 2 is 1.89 bits per heavy atom. The third-order valence-corrected chi connectivity index (χ3v) is 6.86. The third-order valence-electron chi connectivity index (χ3n) is 6.86. The Labute approximate surface area is 204 Å². The maximum atomic E-state index is 13.1. The highest BCUT2D eigenvalue weighted by Gasteiger charge is 2.31. The molecule has 0 radical (unpaired) electrons. The van der Waals surface area contributed by atoms with Gasteiger partial charge in [-0.2, -0.15) is 0 Å². The van der Waals surface area contributed by atoms with Crippen molar-refractivity contribution in [1.82, 2.24) is 20.1 Å². The second-order valence-electron chi connectivity index (χ2n) is 9.25. The average molecular weight is 491 g/mol. The van der Waals surface area contributed by atoms with Crippen molar-refractivity contribution in [3.8, 4) is 5.75 Å². The Balaban J connectivity index is 1.53. The molecule has 11 heteroatoms. The van der Waals surface area contributed by atoms with Crippen molar-refractivity contribution in [2.24, 2.45) is 11.8 Å². The van der Waals surface area contributed by atoms with E-state index in [1.165, 1.54) is 30.5 Å². The van der Waals surface area contributed by atoms with Crippen molar-refractivity contribution in [3.05, 3.63) is 24.0 Å². The molecule has 0 spiro atoms. The highest BCUT2D eigenvalue weighted by molar-refractivity contribution is 5.82. The van der Waals surface area contributed by atoms with Gasteiger partial charge in [-0.05, 0) is 49.7 Å². The number of likely N-dealkylation sites (tertiary alicyclic amines) is 2. The number of amides is 3. The number of carboxylic acid groups (broad SMARTS) is 1. The van der Waals surface area contributed by atoms with E-state index in [0.717, 1.165) is 12.8 Å². The smallest absolute Gasteiger partial charge is 0.407 e. The van der Waals surface area contributed by atoms with E-state index in [0.29, 0.717) is 63.3 Å². The van der Waals surface area contributed by atoms with Gasteiger partial charge in [-0.25, -0.2) is 4.79 Å². The van der Waals surface area contributed by atoms with Crippen molar-refractivity contribution in [2.75, 3.05) is 33.3 Å². The molecule has 2 atom stereocenters. The van der Waals surface area contributed by atoms with Crippen molar-refractivity contribution < 1.29 is 34.1 Å². The lowest BCUT2D eigenvalue weighted by molar-refractivity contribution is -0.141. The van der Waals surface area contributed by atoms with Crippen LogP contribution in [0.4, 0.5) is 4.79 Å². The number of ether oxygens (including phenoxy) is 1. The van der Waals surface area contributed by atoms with Crippen molar-refractivity contribution in [1.29, 1.82) is 0 Å². The minimum absolute atomic E-state index is 0.00598. The molecule has 1 aromatic heterocycles. The number of aromatic nitrogens is 1. The SMILES string of the molecule is COC(=O)C[C@H](NC(=O)[C@@H]1CCCN(C(=O)CCC2CCN(C(=O)O)CC2)C1)c1cncc(O)c1. The predicted octanol–water partition coefficient (Wildman–Crippen LogP) is 1.92. The molecule has 2 aliphatic heterocycles. The quantitative estimate of drug-likeness (QED) is 0.468. The number of esters is 1. The summed E-state index contributed by atoms with van der Waals surface area (Å²) in [5.74, 6) is -0.916. The summed E-state index contributed by atoms with van der Waals surface area (Å²) in [4.78, 5) is 55.9. The highest BCUT2D eigenvalue weighted by atomic mass is 16.5. The van der Waals surface area contributed by atoms with Gasteiger partial charge in [-0.15, -0.1) is 0 Å². The Bertz CT molecular complexity index is 917. The number of carbonyl (C=O) groups is 4. The first-order chi connectivity index (χ1) is 16.8. The third kappa shape index (κ3) is 7.56. The van der Waals surface area contributed by atoms with E-state index >= 15 is 0 Å². The number of nitrogens with one attached hydrogen (secondary N) is 1. The molecule has 2 aliphatic rings. The minimum Gasteiger partial charge on any atom is -0.506 e. The summed E-state index contributed by atoms with van der Waals surface area (Å²) in [7, 11) is 1.27. The van der Waals surface area contributed by atoms with Crippen LogP contribution in [0.25, 0.3) is 0 Å². The Kier molecular flexibility index (Phi) is 9.27. The number of aromatic hydroxyl groups is 1. The fourth-order valence-electron chi connectivity index (χ4n) is 4.74. The number of rotatable bonds is 8. The van der Waals surface area contributed by atoms with Gasteiger partial charge in [-0.1, -0.05) is 0 Å². The summed E-state index contributed by atoms with van der Waals surface area (Å²) in [5.41, 5.74) is 0.487. The van der Waals surface area contributed by atoms with Crippen LogP contribution in [0.5, 0.6) is 5.75 Å². The number of piperidine rings is 2. The second kappa shape index (κ2) is 12.4. The molecule has 3 rings (SSSR count). The molecule has 2 saturated heterocycles. The summed E-state index contributed by atoms with van der Waals surface area (Å²) >= 11 is 0. The van der Waals surface area contributed by atoms with E-state index in [4.69, 9.17) is 9.84 Å². The van der Waals surface area contributed by atoms with E-state index in [9.17, 15) is 24.3 Å². The lowest BCUT2D eigenvalue weighted by atomic mass is 9.91. The van der Waals surface area contributed by atoms with Crippen LogP contribution in [0.3, 0.4) is 0 Å². The summed E-state index contributed by atoms with van der Waals surface area (Å²) in [6.07, 6.45) is 5.69. The zero-order chi connectivity index (χ0) is 25.4. The predicted molar refractivity (Wildman–Crippen MR) is 124 cm³/mol. The van der Waals surface area contributed by atoms with E-state index in [1.54, 1.807) is 4.90 Å². The molecule has 3 N–H and O–H groups in total. The zero-order valence-corrected chi connectivity index (χ0v) is 20.0. The molecular formula is C24H34N4O7. The number of methoxy groups -OCH3 is 1. The fraction of sp³-hybridized carbons (Fsp3) is 0.625. The highest BCUT2D eigenvalue weighted by Crippen LogP contribution is 2.25. The first-order valence-electron chi connectivity index (χ1n) is 12.0. The van der Waals surface area contributed by atoms with Gasteiger partial charge in [0.2, 0.25) is 11.8 Å². The van der Waals surface area contributed by atoms with Gasteiger partial charge >= 0.3 is 12.1 Å². The molecule has 1 aromatic rings. The van der Waals surface area contributed by atoms with Gasteiger partial charge in [0.15, 0.2) is 0 Å². The Morgan fingerprint density at radius 3 is 2.54 bits per heavy atom. The molecular weight excluding hydrogens is 456 g/mol. The van der Waals surface area contributed by atoms with Crippen molar-refractivity contribution in [2.45, 2.75) is 51.0 Å². The maximum Gasteiger partial charge on any atom is 0.407 e. The lowest BCUT2D eigenvalue weighted by Crippen LogP contribution is -2.46. The zero-order valence-electron chi connectivity index (χ0n) is 20.0. The van der Waals surface area contributed by atoms with Crippen LogP contribution in [0.1, 0.15) is 56.6 Å². The summed E-state index contributed by atoms with van der Waals surface area (Å²) in [6, 6.07) is 0.732. The van der Waals surface area contributed by atoms with Crippen LogP contribution >= 0.6 is 0 Å². The van der Waals surface area contributed by atoms with Crippen LogP contribution in [0.2, 0.25) is 0 Å². The van der Waals surface area contributed by atoms with Crippen LogP contribution in [0.15, 0.2) is 18.5 Å². The molecule has 0 unspecified atom stereocenters. The van der Waals surface area contributed by atoms with Gasteiger partial charge in [-0.3, -0.25) is 19.4 Å². The van der Waals surface area contributed by atoms with E-state index < -0.39 is 24.0 Å². The van der Waals surface area contributed by atoms with Crippen LogP contribution in [0, 0.1) is 11.8 Å². The first kappa shape index (κ1) is 26.2. The van der Waals surface area contributed by atoms with Crippen molar-refractivity contribution >= 4 is 23.9 Å². The minimum atomic E-state index is -0.897. The molecule has 192 valence electrons. The van der Waals surface area contributed by atoms with Crippen LogP contribution < -0.4 is 5.32 Å². The van der Waals surface area contributed by atoms with Crippen LogP contribution in [-0.2, 0) is 19.1 Å². The van der Waals surface area contributed by atoms with Gasteiger partial charge < -0.3 is 30.1 Å². The van der Waals surface area contributed by atoms with Gasteiger partial charge in [0.25, 0.3) is 0 Å². The number of pyridine rings is 1. The molecule has 0 saturated carbocycles. The standard InChI is InChI=1S/C24H34N4O7/c1-35-22(31)12-20(18-11-19(29)14-25-13-18)26-23(32)17-3-2-8-28(15-17)21(30)5-4-16-6-9-27(10-7-16)24(33)34/h11,13-14,16-17,20,29H,2-10,12,15H2,1H3,(H,26,32)(H,33,34)/t17-,20+/m1/s1. The van der Waals surface area contributed by atoms with E-state index in [2.05, 4.69) is 10.3 Å². The largest absolute Gasteiger partial charge is 0.506 e. The Hall–Kier alpha value is -3.37. The number of nitrogens with zero attached hydrogens (tertiary/aromatic N) is 3. The molecule has 0 aromatic carbocycles. The van der Waals surface area contributed by atoms with Crippen molar-refractivity contribution in [3.63, 3.8) is 0 Å². The summed E-state index contributed by atoms with van der Waals surface area (Å²) in [5, 5.41) is 21.7. The fourth-order valence-corrected chi connectivity index (χ4v) is 4.74. The summed E-state index contributed by atoms with van der Waals surface area (Å²) in [6.45, 7) is 1.91. The second-order valence-corrected chi connectivity index (χ2v) is 9.25. The number of hydrogen-bond acceptors (Lipinski definition) is 7.